The molecule has 0 unspecified atom stereocenters. The zero-order valence-corrected chi connectivity index (χ0v) is 15.2. The number of amides is 1. The quantitative estimate of drug-likeness (QED) is 0.847. The van der Waals surface area contributed by atoms with Gasteiger partial charge in [-0.2, -0.15) is 0 Å². The number of halogens is 1. The number of benzene rings is 2. The van der Waals surface area contributed by atoms with Crippen molar-refractivity contribution in [3.05, 3.63) is 59.4 Å². The van der Waals surface area contributed by atoms with E-state index in [2.05, 4.69) is 11.4 Å². The molecule has 4 nitrogen and oxygen atoms in total. The Labute approximate surface area is 153 Å². The second-order valence-electron chi connectivity index (χ2n) is 6.75. The van der Waals surface area contributed by atoms with E-state index in [0.717, 1.165) is 31.2 Å². The average molecular weight is 357 g/mol. The van der Waals surface area contributed by atoms with Gasteiger partial charge in [-0.15, -0.1) is 0 Å². The molecule has 0 spiro atoms. The van der Waals surface area contributed by atoms with E-state index in [1.807, 2.05) is 12.1 Å². The van der Waals surface area contributed by atoms with Crippen LogP contribution in [0.1, 0.15) is 41.6 Å². The van der Waals surface area contributed by atoms with Gasteiger partial charge in [-0.1, -0.05) is 18.9 Å². The Balaban J connectivity index is 1.80. The third-order valence-electron chi connectivity index (χ3n) is 5.25. The summed E-state index contributed by atoms with van der Waals surface area (Å²) in [6.45, 7) is 0.540. The Morgan fingerprint density at radius 3 is 2.31 bits per heavy atom. The van der Waals surface area contributed by atoms with E-state index in [-0.39, 0.29) is 17.1 Å². The highest BCUT2D eigenvalue weighted by Crippen LogP contribution is 2.43. The van der Waals surface area contributed by atoms with E-state index < -0.39 is 0 Å². The molecular weight excluding hydrogens is 333 g/mol. The number of carbonyl (C=O) groups excluding carboxylic acids is 1. The number of rotatable bonds is 6. The highest BCUT2D eigenvalue weighted by molar-refractivity contribution is 5.94. The second-order valence-corrected chi connectivity index (χ2v) is 6.75. The standard InChI is InChI=1S/C21H24FNO3/c1-25-18-10-7-16(13-19(18)26-2)21(11-3-4-12-21)14-23-20(24)15-5-8-17(22)9-6-15/h5-10,13H,3-4,11-12,14H2,1-2H3,(H,23,24). The van der Waals surface area contributed by atoms with Crippen LogP contribution in [0.15, 0.2) is 42.5 Å². The summed E-state index contributed by atoms with van der Waals surface area (Å²) >= 11 is 0. The molecule has 0 aliphatic heterocycles. The Bertz CT molecular complexity index is 767. The maximum absolute atomic E-state index is 13.0. The van der Waals surface area contributed by atoms with Gasteiger partial charge in [-0.3, -0.25) is 4.79 Å². The molecule has 0 radical (unpaired) electrons. The van der Waals surface area contributed by atoms with Gasteiger partial charge >= 0.3 is 0 Å². The second kappa shape index (κ2) is 7.77. The van der Waals surface area contributed by atoms with Crippen LogP contribution >= 0.6 is 0 Å². The summed E-state index contributed by atoms with van der Waals surface area (Å²) in [6, 6.07) is 11.6. The summed E-state index contributed by atoms with van der Waals surface area (Å²) in [5.74, 6) is 0.858. The van der Waals surface area contributed by atoms with Gasteiger partial charge in [-0.05, 0) is 54.8 Å². The maximum Gasteiger partial charge on any atom is 0.251 e. The summed E-state index contributed by atoms with van der Waals surface area (Å²) in [4.78, 5) is 12.4. The van der Waals surface area contributed by atoms with Crippen LogP contribution in [-0.2, 0) is 5.41 Å². The normalized spacial score (nSPS) is 15.5. The molecule has 3 rings (SSSR count). The summed E-state index contributed by atoms with van der Waals surface area (Å²) in [7, 11) is 3.24. The van der Waals surface area contributed by atoms with Crippen LogP contribution in [0.5, 0.6) is 11.5 Å². The Hall–Kier alpha value is -2.56. The zero-order chi connectivity index (χ0) is 18.6. The van der Waals surface area contributed by atoms with Crippen molar-refractivity contribution in [2.24, 2.45) is 0 Å². The Morgan fingerprint density at radius 1 is 1.04 bits per heavy atom. The first-order chi connectivity index (χ1) is 12.6. The van der Waals surface area contributed by atoms with Crippen molar-refractivity contribution in [2.75, 3.05) is 20.8 Å². The van der Waals surface area contributed by atoms with Crippen molar-refractivity contribution in [2.45, 2.75) is 31.1 Å². The van der Waals surface area contributed by atoms with Crippen LogP contribution in [-0.4, -0.2) is 26.7 Å². The van der Waals surface area contributed by atoms with Crippen LogP contribution in [0, 0.1) is 5.82 Å². The maximum atomic E-state index is 13.0. The van der Waals surface area contributed by atoms with Crippen molar-refractivity contribution in [1.29, 1.82) is 0 Å². The van der Waals surface area contributed by atoms with Gasteiger partial charge in [0.2, 0.25) is 0 Å². The number of hydrogen-bond acceptors (Lipinski definition) is 3. The van der Waals surface area contributed by atoms with Crippen molar-refractivity contribution in [3.8, 4) is 11.5 Å². The number of methoxy groups -OCH3 is 2. The predicted molar refractivity (Wildman–Crippen MR) is 98.4 cm³/mol. The molecule has 138 valence electrons. The van der Waals surface area contributed by atoms with Crippen molar-refractivity contribution < 1.29 is 18.7 Å². The number of carbonyl (C=O) groups is 1. The third-order valence-corrected chi connectivity index (χ3v) is 5.25. The van der Waals surface area contributed by atoms with E-state index in [1.165, 1.54) is 24.3 Å². The Kier molecular flexibility index (Phi) is 5.45. The minimum atomic E-state index is -0.348. The fraction of sp³-hybridized carbons (Fsp3) is 0.381. The summed E-state index contributed by atoms with van der Waals surface area (Å²) in [5, 5.41) is 3.03. The number of nitrogens with one attached hydrogen (secondary N) is 1. The lowest BCUT2D eigenvalue weighted by Crippen LogP contribution is -2.39. The van der Waals surface area contributed by atoms with E-state index in [1.54, 1.807) is 14.2 Å². The molecule has 1 N–H and O–H groups in total. The van der Waals surface area contributed by atoms with Crippen LogP contribution < -0.4 is 14.8 Å². The molecule has 5 heteroatoms. The summed E-state index contributed by atoms with van der Waals surface area (Å²) in [5.41, 5.74) is 1.49. The first kappa shape index (κ1) is 18.2. The topological polar surface area (TPSA) is 47.6 Å². The van der Waals surface area contributed by atoms with E-state index in [9.17, 15) is 9.18 Å². The first-order valence-electron chi connectivity index (χ1n) is 8.84. The fourth-order valence-corrected chi connectivity index (χ4v) is 3.74. The van der Waals surface area contributed by atoms with Gasteiger partial charge in [0, 0.05) is 17.5 Å². The van der Waals surface area contributed by atoms with Gasteiger partial charge in [-0.25, -0.2) is 4.39 Å². The molecule has 1 saturated carbocycles. The highest BCUT2D eigenvalue weighted by Gasteiger charge is 2.36. The SMILES string of the molecule is COc1ccc(C2(CNC(=O)c3ccc(F)cc3)CCCC2)cc1OC. The molecule has 0 atom stereocenters. The first-order valence-corrected chi connectivity index (χ1v) is 8.84. The molecule has 0 heterocycles. The minimum absolute atomic E-state index is 0.116. The lowest BCUT2D eigenvalue weighted by atomic mass is 9.78. The minimum Gasteiger partial charge on any atom is -0.493 e. The zero-order valence-electron chi connectivity index (χ0n) is 15.2. The van der Waals surface area contributed by atoms with Gasteiger partial charge in [0.05, 0.1) is 14.2 Å². The number of ether oxygens (including phenoxy) is 2. The molecule has 0 bridgehead atoms. The molecule has 1 amide bonds. The monoisotopic (exact) mass is 357 g/mol. The summed E-state index contributed by atoms with van der Waals surface area (Å²) in [6.07, 6.45) is 4.26. The Morgan fingerprint density at radius 2 is 1.69 bits per heavy atom. The lowest BCUT2D eigenvalue weighted by molar-refractivity contribution is 0.0943. The van der Waals surface area contributed by atoms with Gasteiger partial charge in [0.25, 0.3) is 5.91 Å². The van der Waals surface area contributed by atoms with Gasteiger partial charge < -0.3 is 14.8 Å². The smallest absolute Gasteiger partial charge is 0.251 e. The number of hydrogen-bond donors (Lipinski definition) is 1. The van der Waals surface area contributed by atoms with E-state index in [4.69, 9.17) is 9.47 Å². The van der Waals surface area contributed by atoms with Crippen molar-refractivity contribution in [3.63, 3.8) is 0 Å². The molecule has 1 aliphatic carbocycles. The highest BCUT2D eigenvalue weighted by atomic mass is 19.1. The van der Waals surface area contributed by atoms with Crippen LogP contribution in [0.2, 0.25) is 0 Å². The molecule has 1 fully saturated rings. The fourth-order valence-electron chi connectivity index (χ4n) is 3.74. The van der Waals surface area contributed by atoms with E-state index in [0.29, 0.717) is 23.6 Å². The molecule has 1 aliphatic rings. The largest absolute Gasteiger partial charge is 0.493 e. The molecule has 26 heavy (non-hydrogen) atoms. The van der Waals surface area contributed by atoms with Crippen molar-refractivity contribution >= 4 is 5.91 Å². The molecular formula is C21H24FNO3. The molecule has 0 aromatic heterocycles. The predicted octanol–water partition coefficient (Wildman–Crippen LogP) is 4.08. The van der Waals surface area contributed by atoms with E-state index >= 15 is 0 Å². The van der Waals surface area contributed by atoms with Crippen LogP contribution in [0.4, 0.5) is 4.39 Å². The third kappa shape index (κ3) is 3.66. The van der Waals surface area contributed by atoms with Crippen LogP contribution in [0.25, 0.3) is 0 Å². The molecule has 2 aromatic rings. The lowest BCUT2D eigenvalue weighted by Gasteiger charge is -2.30. The average Bonchev–Trinajstić information content (AvgIpc) is 3.16. The molecule has 2 aromatic carbocycles. The summed E-state index contributed by atoms with van der Waals surface area (Å²) < 4.78 is 23.8. The van der Waals surface area contributed by atoms with Crippen molar-refractivity contribution in [1.82, 2.24) is 5.32 Å². The van der Waals surface area contributed by atoms with Gasteiger partial charge in [0.1, 0.15) is 5.82 Å². The molecule has 0 saturated heterocycles. The van der Waals surface area contributed by atoms with Crippen LogP contribution in [0.3, 0.4) is 0 Å². The van der Waals surface area contributed by atoms with Gasteiger partial charge in [0.15, 0.2) is 11.5 Å².